The molecule has 1 aliphatic heterocycles. The average molecular weight is 259 g/mol. The molecular formula is C13H13N3OS. The second-order valence-corrected chi connectivity index (χ2v) is 5.39. The van der Waals surface area contributed by atoms with E-state index in [1.165, 1.54) is 22.9 Å². The predicted octanol–water partition coefficient (Wildman–Crippen LogP) is 2.34. The molecule has 0 atom stereocenters. The van der Waals surface area contributed by atoms with Crippen molar-refractivity contribution in [3.63, 3.8) is 0 Å². The summed E-state index contributed by atoms with van der Waals surface area (Å²) in [5, 5.41) is 3.65. The van der Waals surface area contributed by atoms with Crippen molar-refractivity contribution in [2.75, 3.05) is 5.75 Å². The molecule has 0 saturated carbocycles. The molecule has 5 heteroatoms. The third kappa shape index (κ3) is 1.90. The van der Waals surface area contributed by atoms with Crippen LogP contribution in [0.15, 0.2) is 17.2 Å². The van der Waals surface area contributed by atoms with Crippen LogP contribution >= 0.6 is 11.8 Å². The van der Waals surface area contributed by atoms with E-state index in [9.17, 15) is 4.79 Å². The molecule has 3 rings (SSSR count). The molecule has 1 saturated heterocycles. The second kappa shape index (κ2) is 4.17. The lowest BCUT2D eigenvalue weighted by atomic mass is 10.1. The number of hydrogen-bond acceptors (Lipinski definition) is 3. The van der Waals surface area contributed by atoms with E-state index in [1.807, 2.05) is 12.1 Å². The number of amides is 1. The van der Waals surface area contributed by atoms with Gasteiger partial charge in [0.1, 0.15) is 5.82 Å². The molecule has 4 nitrogen and oxygen atoms in total. The van der Waals surface area contributed by atoms with Gasteiger partial charge in [0.25, 0.3) is 0 Å². The van der Waals surface area contributed by atoms with Crippen LogP contribution in [-0.2, 0) is 4.79 Å². The zero-order valence-electron chi connectivity index (χ0n) is 10.2. The molecule has 0 unspecified atom stereocenters. The van der Waals surface area contributed by atoms with E-state index in [1.54, 1.807) is 0 Å². The number of aromatic nitrogens is 2. The molecule has 1 amide bonds. The third-order valence-corrected chi connectivity index (χ3v) is 4.02. The third-order valence-electron chi connectivity index (χ3n) is 3.09. The topological polar surface area (TPSA) is 57.8 Å². The molecule has 18 heavy (non-hydrogen) atoms. The number of hydrogen-bond donors (Lipinski definition) is 2. The van der Waals surface area contributed by atoms with Crippen LogP contribution < -0.4 is 5.32 Å². The van der Waals surface area contributed by atoms with Crippen LogP contribution in [0.4, 0.5) is 0 Å². The van der Waals surface area contributed by atoms with Gasteiger partial charge in [-0.15, -0.1) is 0 Å². The van der Waals surface area contributed by atoms with Gasteiger partial charge in [-0.05, 0) is 31.0 Å². The van der Waals surface area contributed by atoms with Crippen LogP contribution in [0.1, 0.15) is 17.0 Å². The number of benzene rings is 1. The average Bonchev–Trinajstić information content (AvgIpc) is 2.91. The quantitative estimate of drug-likeness (QED) is 0.826. The van der Waals surface area contributed by atoms with Crippen molar-refractivity contribution in [2.24, 2.45) is 0 Å². The van der Waals surface area contributed by atoms with E-state index in [2.05, 4.69) is 35.2 Å². The van der Waals surface area contributed by atoms with Crippen LogP contribution in [0, 0.1) is 13.8 Å². The van der Waals surface area contributed by atoms with E-state index in [0.717, 1.165) is 21.9 Å². The summed E-state index contributed by atoms with van der Waals surface area (Å²) in [4.78, 5) is 18.9. The molecule has 2 heterocycles. The first-order chi connectivity index (χ1) is 8.63. The molecule has 1 aromatic heterocycles. The van der Waals surface area contributed by atoms with Crippen LogP contribution in [-0.4, -0.2) is 21.6 Å². The number of imidazole rings is 1. The summed E-state index contributed by atoms with van der Waals surface area (Å²) in [6.45, 7) is 4.15. The second-order valence-electron chi connectivity index (χ2n) is 4.37. The van der Waals surface area contributed by atoms with Crippen LogP contribution in [0.2, 0.25) is 0 Å². The van der Waals surface area contributed by atoms with Crippen molar-refractivity contribution in [3.8, 4) is 0 Å². The van der Waals surface area contributed by atoms with Crippen molar-refractivity contribution < 1.29 is 4.79 Å². The van der Waals surface area contributed by atoms with Gasteiger partial charge in [0.15, 0.2) is 0 Å². The number of H-pyrrole nitrogens is 1. The fourth-order valence-electron chi connectivity index (χ4n) is 1.96. The Balaban J connectivity index is 2.04. The number of aromatic amines is 1. The number of carbonyl (C=O) groups excluding carboxylic acids is 1. The minimum absolute atomic E-state index is 0.0504. The lowest BCUT2D eigenvalue weighted by Crippen LogP contribution is -2.13. The molecule has 2 N–H and O–H groups in total. The Bertz CT molecular complexity index is 672. The Morgan fingerprint density at radius 1 is 1.39 bits per heavy atom. The SMILES string of the molecule is Cc1ccc2[nH]c(/C=C3\NC(=O)CS3)nc2c1C. The molecule has 1 fully saturated rings. The van der Waals surface area contributed by atoms with Gasteiger partial charge in [-0.3, -0.25) is 4.79 Å². The van der Waals surface area contributed by atoms with E-state index in [4.69, 9.17) is 0 Å². The van der Waals surface area contributed by atoms with Gasteiger partial charge >= 0.3 is 0 Å². The normalized spacial score (nSPS) is 17.7. The lowest BCUT2D eigenvalue weighted by Gasteiger charge is -1.98. The lowest BCUT2D eigenvalue weighted by molar-refractivity contribution is -0.117. The fraction of sp³-hybridized carbons (Fsp3) is 0.231. The summed E-state index contributed by atoms with van der Waals surface area (Å²) in [5.74, 6) is 1.32. The van der Waals surface area contributed by atoms with Gasteiger partial charge in [-0.2, -0.15) is 0 Å². The van der Waals surface area contributed by atoms with Gasteiger partial charge in [-0.25, -0.2) is 4.98 Å². The first kappa shape index (κ1) is 11.3. The highest BCUT2D eigenvalue weighted by atomic mass is 32.2. The molecule has 0 radical (unpaired) electrons. The summed E-state index contributed by atoms with van der Waals surface area (Å²) in [5.41, 5.74) is 4.45. The highest BCUT2D eigenvalue weighted by Crippen LogP contribution is 2.23. The minimum atomic E-state index is 0.0504. The number of aryl methyl sites for hydroxylation is 2. The van der Waals surface area contributed by atoms with Gasteiger partial charge < -0.3 is 10.3 Å². The van der Waals surface area contributed by atoms with Crippen molar-refractivity contribution in [1.29, 1.82) is 0 Å². The number of fused-ring (bicyclic) bond motifs is 1. The summed E-state index contributed by atoms with van der Waals surface area (Å²) in [6, 6.07) is 4.12. The molecule has 1 aromatic carbocycles. The minimum Gasteiger partial charge on any atom is -0.338 e. The Labute approximate surface area is 109 Å². The molecule has 1 aliphatic rings. The molecule has 0 bridgehead atoms. The molecule has 0 aliphatic carbocycles. The number of rotatable bonds is 1. The summed E-state index contributed by atoms with van der Waals surface area (Å²) < 4.78 is 0. The Hall–Kier alpha value is -1.75. The Morgan fingerprint density at radius 3 is 2.94 bits per heavy atom. The van der Waals surface area contributed by atoms with Gasteiger partial charge in [-0.1, -0.05) is 17.8 Å². The number of nitrogens with one attached hydrogen (secondary N) is 2. The van der Waals surface area contributed by atoms with Crippen molar-refractivity contribution >= 4 is 34.8 Å². The maximum atomic E-state index is 11.1. The highest BCUT2D eigenvalue weighted by Gasteiger charge is 2.15. The maximum Gasteiger partial charge on any atom is 0.235 e. The summed E-state index contributed by atoms with van der Waals surface area (Å²) >= 11 is 1.50. The summed E-state index contributed by atoms with van der Waals surface area (Å²) in [7, 11) is 0. The van der Waals surface area contributed by atoms with Crippen LogP contribution in [0.3, 0.4) is 0 Å². The first-order valence-corrected chi connectivity index (χ1v) is 6.72. The molecule has 2 aromatic rings. The van der Waals surface area contributed by atoms with Gasteiger partial charge in [0.05, 0.1) is 21.8 Å². The Morgan fingerprint density at radius 2 is 2.22 bits per heavy atom. The van der Waals surface area contributed by atoms with E-state index in [0.29, 0.717) is 5.75 Å². The van der Waals surface area contributed by atoms with Gasteiger partial charge in [0.2, 0.25) is 5.91 Å². The smallest absolute Gasteiger partial charge is 0.235 e. The van der Waals surface area contributed by atoms with Crippen molar-refractivity contribution in [2.45, 2.75) is 13.8 Å². The largest absolute Gasteiger partial charge is 0.338 e. The Kier molecular flexibility index (Phi) is 2.63. The van der Waals surface area contributed by atoms with E-state index < -0.39 is 0 Å². The summed E-state index contributed by atoms with van der Waals surface area (Å²) in [6.07, 6.45) is 1.88. The number of nitrogens with zero attached hydrogens (tertiary/aromatic N) is 1. The van der Waals surface area contributed by atoms with E-state index in [-0.39, 0.29) is 5.91 Å². The fourth-order valence-corrected chi connectivity index (χ4v) is 2.70. The zero-order valence-corrected chi connectivity index (χ0v) is 11.0. The highest BCUT2D eigenvalue weighted by molar-refractivity contribution is 8.04. The van der Waals surface area contributed by atoms with Gasteiger partial charge in [0, 0.05) is 6.08 Å². The van der Waals surface area contributed by atoms with E-state index >= 15 is 0 Å². The monoisotopic (exact) mass is 259 g/mol. The van der Waals surface area contributed by atoms with Crippen molar-refractivity contribution in [3.05, 3.63) is 34.1 Å². The van der Waals surface area contributed by atoms with Crippen molar-refractivity contribution in [1.82, 2.24) is 15.3 Å². The molecular weight excluding hydrogens is 246 g/mol. The first-order valence-electron chi connectivity index (χ1n) is 5.74. The van der Waals surface area contributed by atoms with Crippen LogP contribution in [0.25, 0.3) is 17.1 Å². The predicted molar refractivity (Wildman–Crippen MR) is 74.1 cm³/mol. The number of carbonyl (C=O) groups is 1. The van der Waals surface area contributed by atoms with Crippen LogP contribution in [0.5, 0.6) is 0 Å². The molecule has 92 valence electrons. The maximum absolute atomic E-state index is 11.1. The number of thioether (sulfide) groups is 1. The zero-order chi connectivity index (χ0) is 12.7. The standard InChI is InChI=1S/C13H13N3OS/c1-7-3-4-9-13(8(7)2)15-10(14-9)5-12-16-11(17)6-18-12/h3-5H,6H2,1-2H3,(H,14,15)(H,16,17)/b12-5+. The molecule has 0 spiro atoms.